The van der Waals surface area contributed by atoms with E-state index in [2.05, 4.69) is 29.2 Å². The summed E-state index contributed by atoms with van der Waals surface area (Å²) >= 11 is 1.78. The van der Waals surface area contributed by atoms with E-state index in [9.17, 15) is 0 Å². The predicted octanol–water partition coefficient (Wildman–Crippen LogP) is 13.4. The lowest BCUT2D eigenvalue weighted by molar-refractivity contribution is 0.122. The molecule has 0 N–H and O–H groups in total. The zero-order valence-electron chi connectivity index (χ0n) is 25.0. The van der Waals surface area contributed by atoms with Crippen LogP contribution in [0.4, 0.5) is 0 Å². The summed E-state index contributed by atoms with van der Waals surface area (Å²) in [6.07, 6.45) is 22.0. The third kappa shape index (κ3) is 19.0. The molecule has 0 amide bonds. The van der Waals surface area contributed by atoms with Crippen molar-refractivity contribution < 1.29 is 13.3 Å². The second-order valence-electron chi connectivity index (χ2n) is 9.90. The zero-order chi connectivity index (χ0) is 29.3. The van der Waals surface area contributed by atoms with Gasteiger partial charge in [0.1, 0.15) is 0 Å². The fourth-order valence-electron chi connectivity index (χ4n) is 4.55. The fourth-order valence-corrected chi connectivity index (χ4v) is 22.0. The molecule has 0 aliphatic carbocycles. The maximum Gasteiger partial charge on any atom is 0.500 e. The topological polar surface area (TPSA) is 40.6 Å². The van der Waals surface area contributed by atoms with Crippen LogP contribution in [0.15, 0.2) is 28.6 Å². The molecule has 2 aromatic rings. The molecule has 0 saturated heterocycles. The van der Waals surface area contributed by atoms with Crippen molar-refractivity contribution in [1.82, 2.24) is 4.98 Å². The molecule has 2 rings (SSSR count). The standard InChI is InChI=1S/C28H49NO3S8Si/c1-30-41(31-2,32-3)25-21-17-15-13-11-9-7-5-4-6-8-10-12-14-16-20-24-33-36-38-40-39-37-35-28-29-26-22-18-19-23-27(26)34-28/h18-19,22-23H,4-17,20-21,24-25H2,1-3H3. The Morgan fingerprint density at radius 3 is 1.66 bits per heavy atom. The summed E-state index contributed by atoms with van der Waals surface area (Å²) in [4.78, 5) is 4.67. The van der Waals surface area contributed by atoms with Crippen LogP contribution in [0.2, 0.25) is 6.04 Å². The predicted molar refractivity (Wildman–Crippen MR) is 201 cm³/mol. The second-order valence-corrected chi connectivity index (χ2v) is 25.5. The Hall–Kier alpha value is 1.66. The largest absolute Gasteiger partial charge is 0.500 e. The van der Waals surface area contributed by atoms with Gasteiger partial charge in [-0.05, 0) is 84.9 Å². The quantitative estimate of drug-likeness (QED) is 0.0456. The molecule has 0 atom stereocenters. The molecule has 1 heterocycles. The van der Waals surface area contributed by atoms with Crippen molar-refractivity contribution in [3.8, 4) is 0 Å². The van der Waals surface area contributed by atoms with E-state index in [0.29, 0.717) is 0 Å². The number of aromatic nitrogens is 1. The highest BCUT2D eigenvalue weighted by Crippen LogP contribution is 2.56. The van der Waals surface area contributed by atoms with E-state index in [1.165, 1.54) is 107 Å². The van der Waals surface area contributed by atoms with Crippen LogP contribution in [0.5, 0.6) is 0 Å². The first-order chi connectivity index (χ1) is 20.2. The van der Waals surface area contributed by atoms with Crippen molar-refractivity contribution in [2.45, 2.75) is 113 Å². The Bertz CT molecular complexity index is 836. The molecule has 236 valence electrons. The second kappa shape index (κ2) is 26.8. The summed E-state index contributed by atoms with van der Waals surface area (Å²) < 4.78 is 18.9. The number of unbranched alkanes of at least 4 members (excludes halogenated alkanes) is 15. The molecule has 4 nitrogen and oxygen atoms in total. The molecule has 41 heavy (non-hydrogen) atoms. The van der Waals surface area contributed by atoms with Crippen LogP contribution >= 0.6 is 82.1 Å². The molecule has 0 fully saturated rings. The summed E-state index contributed by atoms with van der Waals surface area (Å²) in [5.41, 5.74) is 1.11. The minimum absolute atomic E-state index is 0.931. The first kappa shape index (κ1) is 38.8. The van der Waals surface area contributed by atoms with E-state index in [-0.39, 0.29) is 0 Å². The van der Waals surface area contributed by atoms with Crippen molar-refractivity contribution in [3.63, 3.8) is 0 Å². The third-order valence-corrected chi connectivity index (χ3v) is 24.1. The molecule has 0 radical (unpaired) electrons. The molecule has 0 aliphatic rings. The highest BCUT2D eigenvalue weighted by molar-refractivity contribution is 9.46. The number of hydrogen-bond acceptors (Lipinski definition) is 12. The molecular formula is C28H49NO3S8Si. The lowest BCUT2D eigenvalue weighted by atomic mass is 10.0. The summed E-state index contributed by atoms with van der Waals surface area (Å²) in [7, 11) is 15.8. The van der Waals surface area contributed by atoms with Gasteiger partial charge >= 0.3 is 8.80 Å². The van der Waals surface area contributed by atoms with Crippen LogP contribution < -0.4 is 0 Å². The van der Waals surface area contributed by atoms with Gasteiger partial charge in [0.25, 0.3) is 0 Å². The van der Waals surface area contributed by atoms with Gasteiger partial charge < -0.3 is 13.3 Å². The summed E-state index contributed by atoms with van der Waals surface area (Å²) in [5.74, 6) is 1.27. The maximum atomic E-state index is 5.49. The first-order valence-electron chi connectivity index (χ1n) is 14.9. The van der Waals surface area contributed by atoms with Gasteiger partial charge in [0.2, 0.25) is 0 Å². The summed E-state index contributed by atoms with van der Waals surface area (Å²) in [6.45, 7) is 0. The SMILES string of the molecule is CO[Si](CCCCCCCCCCCCCCCCCCSSSSSSSc1nc2ccccc2s1)(OC)OC. The lowest BCUT2D eigenvalue weighted by Crippen LogP contribution is -2.42. The normalized spacial score (nSPS) is 12.1. The van der Waals surface area contributed by atoms with Gasteiger partial charge in [-0.25, -0.2) is 4.98 Å². The van der Waals surface area contributed by atoms with E-state index in [4.69, 9.17) is 13.3 Å². The molecule has 0 aliphatic heterocycles. The van der Waals surface area contributed by atoms with Crippen LogP contribution in [-0.2, 0) is 13.3 Å². The number of para-hydroxylation sites is 1. The van der Waals surface area contributed by atoms with E-state index >= 15 is 0 Å². The number of rotatable bonds is 29. The highest BCUT2D eigenvalue weighted by atomic mass is 33.9. The Labute approximate surface area is 281 Å². The van der Waals surface area contributed by atoms with Gasteiger partial charge in [-0.1, -0.05) is 113 Å². The Balaban J connectivity index is 1.21. The van der Waals surface area contributed by atoms with E-state index < -0.39 is 8.80 Å². The van der Waals surface area contributed by atoms with E-state index in [1.807, 2.05) is 59.9 Å². The first-order valence-corrected chi connectivity index (χ1v) is 26.6. The van der Waals surface area contributed by atoms with Gasteiger partial charge in [0.05, 0.1) is 10.2 Å². The molecular weight excluding hydrogens is 683 g/mol. The smallest absolute Gasteiger partial charge is 0.377 e. The monoisotopic (exact) mass is 731 g/mol. The molecule has 0 spiro atoms. The number of hydrogen-bond donors (Lipinski definition) is 0. The van der Waals surface area contributed by atoms with Crippen LogP contribution in [0.25, 0.3) is 10.2 Å². The van der Waals surface area contributed by atoms with E-state index in [1.54, 1.807) is 43.5 Å². The fraction of sp³-hybridized carbons (Fsp3) is 0.750. The molecule has 13 heteroatoms. The average Bonchev–Trinajstić information content (AvgIpc) is 3.42. The highest BCUT2D eigenvalue weighted by Gasteiger charge is 2.36. The average molecular weight is 732 g/mol. The van der Waals surface area contributed by atoms with Crippen LogP contribution in [0.1, 0.15) is 103 Å². The van der Waals surface area contributed by atoms with Crippen LogP contribution in [-0.4, -0.2) is 40.9 Å². The van der Waals surface area contributed by atoms with Crippen LogP contribution in [0.3, 0.4) is 0 Å². The Morgan fingerprint density at radius 2 is 1.10 bits per heavy atom. The van der Waals surface area contributed by atoms with Crippen molar-refractivity contribution in [2.75, 3.05) is 27.1 Å². The minimum atomic E-state index is -2.35. The number of nitrogens with zero attached hydrogens (tertiary/aromatic N) is 1. The number of thiazole rings is 1. The molecule has 0 bridgehead atoms. The minimum Gasteiger partial charge on any atom is -0.377 e. The van der Waals surface area contributed by atoms with E-state index in [0.717, 1.165) is 22.3 Å². The van der Waals surface area contributed by atoms with Gasteiger partial charge in [0, 0.05) is 33.1 Å². The molecule has 0 saturated carbocycles. The Kier molecular flexibility index (Phi) is 25.4. The maximum absolute atomic E-state index is 5.49. The van der Waals surface area contributed by atoms with Crippen molar-refractivity contribution in [1.29, 1.82) is 0 Å². The van der Waals surface area contributed by atoms with Gasteiger partial charge in [0.15, 0.2) is 4.34 Å². The van der Waals surface area contributed by atoms with Crippen molar-refractivity contribution in [3.05, 3.63) is 24.3 Å². The van der Waals surface area contributed by atoms with Crippen LogP contribution in [0, 0.1) is 0 Å². The van der Waals surface area contributed by atoms with Crippen molar-refractivity contribution >= 4 is 101 Å². The molecule has 1 aromatic heterocycles. The Morgan fingerprint density at radius 1 is 0.610 bits per heavy atom. The molecule has 0 unspecified atom stereocenters. The van der Waals surface area contributed by atoms with Gasteiger partial charge in [-0.2, -0.15) is 0 Å². The zero-order valence-corrected chi connectivity index (χ0v) is 32.5. The van der Waals surface area contributed by atoms with Gasteiger partial charge in [-0.3, -0.25) is 0 Å². The number of fused-ring (bicyclic) bond motifs is 1. The molecule has 1 aromatic carbocycles. The third-order valence-electron chi connectivity index (χ3n) is 6.93. The van der Waals surface area contributed by atoms with Crippen molar-refractivity contribution in [2.24, 2.45) is 0 Å². The summed E-state index contributed by atoms with van der Waals surface area (Å²) in [5, 5.41) is 0. The lowest BCUT2D eigenvalue weighted by Gasteiger charge is -2.24. The van der Waals surface area contributed by atoms with Gasteiger partial charge in [-0.15, -0.1) is 11.3 Å². The number of benzene rings is 1. The summed E-state index contributed by atoms with van der Waals surface area (Å²) in [6, 6.07) is 9.29.